The normalized spacial score (nSPS) is 13.2. The first kappa shape index (κ1) is 17.1. The highest BCUT2D eigenvalue weighted by Crippen LogP contribution is 2.33. The van der Waals surface area contributed by atoms with E-state index in [0.29, 0.717) is 6.42 Å². The first-order valence-electron chi connectivity index (χ1n) is 6.02. The van der Waals surface area contributed by atoms with E-state index in [-0.39, 0.29) is 5.38 Å². The van der Waals surface area contributed by atoms with Crippen molar-refractivity contribution in [3.8, 4) is 0 Å². The van der Waals surface area contributed by atoms with Crippen molar-refractivity contribution in [3.63, 3.8) is 0 Å². The Morgan fingerprint density at radius 1 is 1.10 bits per heavy atom. The summed E-state index contributed by atoms with van der Waals surface area (Å²) in [4.78, 5) is 0. The summed E-state index contributed by atoms with van der Waals surface area (Å²) in [7, 11) is 0. The highest BCUT2D eigenvalue weighted by Gasteiger charge is 2.30. The molecule has 0 fully saturated rings. The molecule has 0 bridgehead atoms. The minimum Gasteiger partial charge on any atom is -0.166 e. The van der Waals surface area contributed by atoms with Crippen LogP contribution in [0.15, 0.2) is 46.9 Å². The van der Waals surface area contributed by atoms with E-state index in [4.69, 9.17) is 11.6 Å². The van der Waals surface area contributed by atoms with E-state index >= 15 is 0 Å². The zero-order valence-electron chi connectivity index (χ0n) is 10.6. The molecule has 0 aliphatic rings. The summed E-state index contributed by atoms with van der Waals surface area (Å²) >= 11 is 12.0. The predicted molar refractivity (Wildman–Crippen MR) is 90.6 cm³/mol. The van der Waals surface area contributed by atoms with E-state index in [1.165, 1.54) is 12.1 Å². The first-order chi connectivity index (χ1) is 9.77. The molecule has 0 aromatic heterocycles. The molecule has 0 heterocycles. The lowest BCUT2D eigenvalue weighted by atomic mass is 10.0. The van der Waals surface area contributed by atoms with E-state index < -0.39 is 11.7 Å². The zero-order chi connectivity index (χ0) is 15.6. The lowest BCUT2D eigenvalue weighted by Gasteiger charge is -2.13. The van der Waals surface area contributed by atoms with Crippen LogP contribution < -0.4 is 0 Å². The van der Waals surface area contributed by atoms with Gasteiger partial charge in [0.2, 0.25) is 0 Å². The number of alkyl halides is 4. The average Bonchev–Trinajstić information content (AvgIpc) is 2.41. The van der Waals surface area contributed by atoms with Gasteiger partial charge in [0.15, 0.2) is 0 Å². The molecular weight excluding hydrogens is 479 g/mol. The third-order valence-corrected chi connectivity index (χ3v) is 4.77. The summed E-state index contributed by atoms with van der Waals surface area (Å²) in [6.45, 7) is 0. The molecule has 0 saturated heterocycles. The second-order valence-electron chi connectivity index (χ2n) is 4.53. The van der Waals surface area contributed by atoms with Gasteiger partial charge in [0.25, 0.3) is 0 Å². The Bertz CT molecular complexity index is 626. The van der Waals surface area contributed by atoms with Crippen molar-refractivity contribution in [1.29, 1.82) is 0 Å². The van der Waals surface area contributed by atoms with Gasteiger partial charge in [0.1, 0.15) is 0 Å². The van der Waals surface area contributed by atoms with Crippen molar-refractivity contribution in [1.82, 2.24) is 0 Å². The van der Waals surface area contributed by atoms with Gasteiger partial charge >= 0.3 is 6.18 Å². The molecule has 1 atom stereocenters. The largest absolute Gasteiger partial charge is 0.416 e. The molecule has 0 radical (unpaired) electrons. The number of halogens is 6. The fraction of sp³-hybridized carbons (Fsp3) is 0.200. The van der Waals surface area contributed by atoms with Crippen molar-refractivity contribution >= 4 is 50.1 Å². The average molecular weight is 490 g/mol. The van der Waals surface area contributed by atoms with Gasteiger partial charge in [-0.15, -0.1) is 11.6 Å². The fourth-order valence-electron chi connectivity index (χ4n) is 1.90. The number of hydrogen-bond acceptors (Lipinski definition) is 0. The van der Waals surface area contributed by atoms with Gasteiger partial charge < -0.3 is 0 Å². The molecule has 0 nitrogen and oxygen atoms in total. The summed E-state index contributed by atoms with van der Waals surface area (Å²) in [5.41, 5.74) is 1.06. The van der Waals surface area contributed by atoms with Crippen molar-refractivity contribution in [2.75, 3.05) is 0 Å². The summed E-state index contributed by atoms with van der Waals surface area (Å²) in [5, 5.41) is -0.300. The summed E-state index contributed by atoms with van der Waals surface area (Å²) in [6.07, 6.45) is -3.84. The Labute approximate surface area is 148 Å². The lowest BCUT2D eigenvalue weighted by molar-refractivity contribution is -0.137. The van der Waals surface area contributed by atoms with Crippen LogP contribution in [0.5, 0.6) is 0 Å². The molecule has 0 spiro atoms. The molecule has 2 aromatic carbocycles. The van der Waals surface area contributed by atoms with Crippen LogP contribution in [0.25, 0.3) is 0 Å². The van der Waals surface area contributed by atoms with Crippen LogP contribution in [-0.2, 0) is 12.6 Å². The van der Waals surface area contributed by atoms with Gasteiger partial charge in [-0.1, -0.05) is 28.1 Å². The minimum absolute atomic E-state index is 0.300. The van der Waals surface area contributed by atoms with Gasteiger partial charge in [0, 0.05) is 8.04 Å². The van der Waals surface area contributed by atoms with Crippen molar-refractivity contribution in [2.45, 2.75) is 18.0 Å². The molecule has 0 saturated carbocycles. The molecular formula is C15H10BrClF3I. The van der Waals surface area contributed by atoms with Gasteiger partial charge in [-0.2, -0.15) is 13.2 Å². The number of hydrogen-bond donors (Lipinski definition) is 0. The Hall–Kier alpha value is -0.270. The highest BCUT2D eigenvalue weighted by molar-refractivity contribution is 14.1. The van der Waals surface area contributed by atoms with Gasteiger partial charge in [0.05, 0.1) is 10.9 Å². The molecule has 0 aliphatic carbocycles. The fourth-order valence-corrected chi connectivity index (χ4v) is 3.43. The molecule has 112 valence electrons. The summed E-state index contributed by atoms with van der Waals surface area (Å²) < 4.78 is 39.5. The van der Waals surface area contributed by atoms with Crippen molar-refractivity contribution in [3.05, 3.63) is 67.2 Å². The molecule has 0 aliphatic heterocycles. The van der Waals surface area contributed by atoms with E-state index in [1.54, 1.807) is 0 Å². The molecule has 2 aromatic rings. The summed E-state index contributed by atoms with van der Waals surface area (Å²) in [6, 6.07) is 11.0. The maximum Gasteiger partial charge on any atom is 0.416 e. The van der Waals surface area contributed by atoms with Crippen LogP contribution in [-0.4, -0.2) is 0 Å². The van der Waals surface area contributed by atoms with Crippen LogP contribution in [0.2, 0.25) is 0 Å². The third kappa shape index (κ3) is 4.60. The number of rotatable bonds is 3. The van der Waals surface area contributed by atoms with Crippen LogP contribution in [0.4, 0.5) is 13.2 Å². The molecule has 2 rings (SSSR count). The summed E-state index contributed by atoms with van der Waals surface area (Å²) in [5.74, 6) is 0. The third-order valence-electron chi connectivity index (χ3n) is 2.99. The zero-order valence-corrected chi connectivity index (χ0v) is 15.1. The molecule has 0 N–H and O–H groups in total. The van der Waals surface area contributed by atoms with Crippen LogP contribution in [0.1, 0.15) is 22.1 Å². The van der Waals surface area contributed by atoms with Crippen LogP contribution >= 0.6 is 50.1 Å². The Balaban J connectivity index is 2.16. The maximum absolute atomic E-state index is 12.5. The Kier molecular flexibility index (Phi) is 5.59. The lowest BCUT2D eigenvalue weighted by Crippen LogP contribution is -2.05. The topological polar surface area (TPSA) is 0 Å². The second-order valence-corrected chi connectivity index (χ2v) is 7.16. The first-order valence-corrected chi connectivity index (χ1v) is 8.33. The smallest absolute Gasteiger partial charge is 0.166 e. The van der Waals surface area contributed by atoms with Gasteiger partial charge in [-0.3, -0.25) is 0 Å². The molecule has 21 heavy (non-hydrogen) atoms. The Morgan fingerprint density at radius 3 is 2.29 bits per heavy atom. The van der Waals surface area contributed by atoms with Crippen molar-refractivity contribution < 1.29 is 13.2 Å². The molecule has 0 amide bonds. The Morgan fingerprint density at radius 2 is 1.71 bits per heavy atom. The maximum atomic E-state index is 12.5. The highest BCUT2D eigenvalue weighted by atomic mass is 127. The SMILES string of the molecule is FC(F)(F)c1ccc(CC(Cl)c2cc(I)ccc2Br)cc1. The monoisotopic (exact) mass is 488 g/mol. The second kappa shape index (κ2) is 6.87. The molecule has 1 unspecified atom stereocenters. The van der Waals surface area contributed by atoms with E-state index in [0.717, 1.165) is 31.3 Å². The quantitative estimate of drug-likeness (QED) is 0.337. The molecule has 6 heteroatoms. The number of benzene rings is 2. The standard InChI is InChI=1S/C15H10BrClF3I/c16-13-6-5-11(21)8-12(13)14(17)7-9-1-3-10(4-2-9)15(18,19)20/h1-6,8,14H,7H2. The van der Waals surface area contributed by atoms with Crippen LogP contribution in [0, 0.1) is 3.57 Å². The minimum atomic E-state index is -4.31. The van der Waals surface area contributed by atoms with Gasteiger partial charge in [-0.05, 0) is 70.5 Å². The van der Waals surface area contributed by atoms with E-state index in [2.05, 4.69) is 38.5 Å². The van der Waals surface area contributed by atoms with E-state index in [1.807, 2.05) is 18.2 Å². The van der Waals surface area contributed by atoms with Crippen LogP contribution in [0.3, 0.4) is 0 Å². The predicted octanol–water partition coefficient (Wildman–Crippen LogP) is 6.60. The van der Waals surface area contributed by atoms with Gasteiger partial charge in [-0.25, -0.2) is 0 Å². The van der Waals surface area contributed by atoms with E-state index in [9.17, 15) is 13.2 Å². The van der Waals surface area contributed by atoms with Crippen molar-refractivity contribution in [2.24, 2.45) is 0 Å².